The van der Waals surface area contributed by atoms with E-state index in [1.807, 2.05) is 6.07 Å². The van der Waals surface area contributed by atoms with Crippen LogP contribution in [0.5, 0.6) is 0 Å². The quantitative estimate of drug-likeness (QED) is 0.869. The van der Waals surface area contributed by atoms with Gasteiger partial charge in [-0.15, -0.1) is 0 Å². The molecule has 110 valence electrons. The average molecular weight is 341 g/mol. The maximum absolute atomic E-state index is 12.6. The summed E-state index contributed by atoms with van der Waals surface area (Å²) in [5.74, 6) is 0. The van der Waals surface area contributed by atoms with Gasteiger partial charge in [0.1, 0.15) is 9.88 Å². The van der Waals surface area contributed by atoms with Crippen LogP contribution >= 0.6 is 23.8 Å². The van der Waals surface area contributed by atoms with Gasteiger partial charge >= 0.3 is 0 Å². The molecule has 2 aromatic rings. The molecular formula is C14H13ClN2O2S2. The van der Waals surface area contributed by atoms with Crippen LogP contribution in [-0.2, 0) is 10.0 Å². The van der Waals surface area contributed by atoms with Crippen molar-refractivity contribution in [3.63, 3.8) is 0 Å². The highest BCUT2D eigenvalue weighted by molar-refractivity contribution is 7.93. The monoisotopic (exact) mass is 340 g/mol. The number of rotatable bonds is 4. The largest absolute Gasteiger partial charge is 0.389 e. The third kappa shape index (κ3) is 3.18. The van der Waals surface area contributed by atoms with E-state index in [1.165, 1.54) is 23.5 Å². The molecule has 0 aromatic heterocycles. The maximum atomic E-state index is 12.6. The molecule has 0 radical (unpaired) electrons. The molecular weight excluding hydrogens is 328 g/mol. The number of para-hydroxylation sites is 1. The minimum atomic E-state index is -3.75. The number of halogens is 1. The lowest BCUT2D eigenvalue weighted by molar-refractivity contribution is 0.594. The van der Waals surface area contributed by atoms with Crippen LogP contribution in [0.15, 0.2) is 53.4 Å². The Morgan fingerprint density at radius 1 is 1.19 bits per heavy atom. The van der Waals surface area contributed by atoms with E-state index < -0.39 is 10.0 Å². The van der Waals surface area contributed by atoms with Crippen molar-refractivity contribution in [2.75, 3.05) is 11.4 Å². The van der Waals surface area contributed by atoms with E-state index in [9.17, 15) is 8.42 Å². The topological polar surface area (TPSA) is 63.4 Å². The van der Waals surface area contributed by atoms with Crippen molar-refractivity contribution in [1.82, 2.24) is 0 Å². The number of anilines is 1. The summed E-state index contributed by atoms with van der Waals surface area (Å²) in [5, 5.41) is 0.0862. The number of sulfonamides is 1. The third-order valence-corrected chi connectivity index (χ3v) is 5.48. The lowest BCUT2D eigenvalue weighted by atomic mass is 10.2. The Labute approximate surface area is 134 Å². The first-order valence-electron chi connectivity index (χ1n) is 5.97. The van der Waals surface area contributed by atoms with E-state index in [2.05, 4.69) is 0 Å². The fraction of sp³-hybridized carbons (Fsp3) is 0.0714. The minimum absolute atomic E-state index is 0.00974. The van der Waals surface area contributed by atoms with Gasteiger partial charge in [0.2, 0.25) is 0 Å². The molecule has 0 heterocycles. The Morgan fingerprint density at radius 3 is 2.33 bits per heavy atom. The van der Waals surface area contributed by atoms with E-state index in [-0.39, 0.29) is 14.9 Å². The smallest absolute Gasteiger partial charge is 0.265 e. The number of hydrogen-bond acceptors (Lipinski definition) is 3. The standard InChI is InChI=1S/C14H13ClN2O2S2/c1-17(11-5-3-2-4-6-11)21(18,19)13-8-7-10(14(16)20)9-12(13)15/h2-9H,1H3,(H2,16,20). The summed E-state index contributed by atoms with van der Waals surface area (Å²) >= 11 is 10.9. The zero-order chi connectivity index (χ0) is 15.6. The van der Waals surface area contributed by atoms with Crippen LogP contribution in [0.1, 0.15) is 5.56 Å². The molecule has 0 fully saturated rings. The lowest BCUT2D eigenvalue weighted by Gasteiger charge is -2.20. The van der Waals surface area contributed by atoms with Gasteiger partial charge in [0.25, 0.3) is 10.0 Å². The van der Waals surface area contributed by atoms with Crippen LogP contribution in [0.25, 0.3) is 0 Å². The summed E-state index contributed by atoms with van der Waals surface area (Å²) in [5.41, 5.74) is 6.58. The van der Waals surface area contributed by atoms with E-state index in [4.69, 9.17) is 29.6 Å². The van der Waals surface area contributed by atoms with Crippen molar-refractivity contribution in [3.8, 4) is 0 Å². The summed E-state index contributed by atoms with van der Waals surface area (Å²) in [6.45, 7) is 0. The van der Waals surface area contributed by atoms with Crippen molar-refractivity contribution in [1.29, 1.82) is 0 Å². The van der Waals surface area contributed by atoms with Crippen LogP contribution < -0.4 is 10.0 Å². The maximum Gasteiger partial charge on any atom is 0.265 e. The summed E-state index contributed by atoms with van der Waals surface area (Å²) in [7, 11) is -2.27. The van der Waals surface area contributed by atoms with E-state index >= 15 is 0 Å². The van der Waals surface area contributed by atoms with Gasteiger partial charge in [0.05, 0.1) is 10.7 Å². The van der Waals surface area contributed by atoms with Gasteiger partial charge in [-0.1, -0.05) is 48.1 Å². The highest BCUT2D eigenvalue weighted by Gasteiger charge is 2.24. The molecule has 0 spiro atoms. The highest BCUT2D eigenvalue weighted by atomic mass is 35.5. The normalized spacial score (nSPS) is 11.1. The SMILES string of the molecule is CN(c1ccccc1)S(=O)(=O)c1ccc(C(N)=S)cc1Cl. The minimum Gasteiger partial charge on any atom is -0.389 e. The predicted octanol–water partition coefficient (Wildman–Crippen LogP) is 2.80. The fourth-order valence-corrected chi connectivity index (χ4v) is 3.63. The van der Waals surface area contributed by atoms with Gasteiger partial charge in [-0.3, -0.25) is 4.31 Å². The fourth-order valence-electron chi connectivity index (χ4n) is 1.79. The Morgan fingerprint density at radius 2 is 1.81 bits per heavy atom. The molecule has 0 aliphatic heterocycles. The predicted molar refractivity (Wildman–Crippen MR) is 89.4 cm³/mol. The molecule has 0 aliphatic carbocycles. The number of hydrogen-bond donors (Lipinski definition) is 1. The molecule has 4 nitrogen and oxygen atoms in total. The van der Waals surface area contributed by atoms with E-state index in [1.54, 1.807) is 30.3 Å². The molecule has 0 amide bonds. The second-order valence-electron chi connectivity index (χ2n) is 4.32. The Kier molecular flexibility index (Phi) is 4.51. The Hall–Kier alpha value is -1.63. The molecule has 0 bridgehead atoms. The van der Waals surface area contributed by atoms with E-state index in [0.29, 0.717) is 11.3 Å². The van der Waals surface area contributed by atoms with Gasteiger partial charge < -0.3 is 5.73 Å². The second kappa shape index (κ2) is 6.01. The number of nitrogens with two attached hydrogens (primary N) is 1. The molecule has 0 saturated carbocycles. The van der Waals surface area contributed by atoms with Crippen molar-refractivity contribution < 1.29 is 8.42 Å². The van der Waals surface area contributed by atoms with Crippen molar-refractivity contribution in [3.05, 3.63) is 59.1 Å². The number of benzene rings is 2. The average Bonchev–Trinajstić information content (AvgIpc) is 2.46. The van der Waals surface area contributed by atoms with E-state index in [0.717, 1.165) is 0 Å². The van der Waals surface area contributed by atoms with Crippen LogP contribution in [0.4, 0.5) is 5.69 Å². The van der Waals surface area contributed by atoms with Crippen LogP contribution in [0, 0.1) is 0 Å². The Bertz CT molecular complexity index is 777. The van der Waals surface area contributed by atoms with Gasteiger partial charge in [-0.2, -0.15) is 0 Å². The molecule has 2 rings (SSSR count). The van der Waals surface area contributed by atoms with Crippen molar-refractivity contribution in [2.24, 2.45) is 5.73 Å². The number of thiocarbonyl (C=S) groups is 1. The summed E-state index contributed by atoms with van der Waals surface area (Å²) < 4.78 is 26.4. The molecule has 0 aliphatic rings. The van der Waals surface area contributed by atoms with Crippen LogP contribution in [0.3, 0.4) is 0 Å². The van der Waals surface area contributed by atoms with Gasteiger partial charge in [-0.25, -0.2) is 8.42 Å². The molecule has 2 aromatic carbocycles. The first kappa shape index (κ1) is 15.8. The molecule has 0 unspecified atom stereocenters. The van der Waals surface area contributed by atoms with Crippen LogP contribution in [-0.4, -0.2) is 20.5 Å². The number of nitrogens with zero attached hydrogens (tertiary/aromatic N) is 1. The van der Waals surface area contributed by atoms with Crippen molar-refractivity contribution >= 4 is 44.5 Å². The Balaban J connectivity index is 2.47. The molecule has 0 saturated heterocycles. The van der Waals surface area contributed by atoms with Gasteiger partial charge in [0, 0.05) is 12.6 Å². The molecule has 7 heteroatoms. The first-order valence-corrected chi connectivity index (χ1v) is 8.20. The summed E-state index contributed by atoms with van der Waals surface area (Å²) in [4.78, 5) is 0.174. The van der Waals surface area contributed by atoms with Crippen LogP contribution in [0.2, 0.25) is 5.02 Å². The molecule has 2 N–H and O–H groups in total. The van der Waals surface area contributed by atoms with Crippen molar-refractivity contribution in [2.45, 2.75) is 4.90 Å². The zero-order valence-corrected chi connectivity index (χ0v) is 13.5. The van der Waals surface area contributed by atoms with Gasteiger partial charge in [0.15, 0.2) is 0 Å². The zero-order valence-electron chi connectivity index (χ0n) is 11.2. The highest BCUT2D eigenvalue weighted by Crippen LogP contribution is 2.28. The first-order chi connectivity index (χ1) is 9.84. The summed E-state index contributed by atoms with van der Waals surface area (Å²) in [6, 6.07) is 13.1. The second-order valence-corrected chi connectivity index (χ2v) is 7.10. The molecule has 0 atom stereocenters. The lowest BCUT2D eigenvalue weighted by Crippen LogP contribution is -2.26. The third-order valence-electron chi connectivity index (χ3n) is 2.97. The molecule has 21 heavy (non-hydrogen) atoms. The van der Waals surface area contributed by atoms with Gasteiger partial charge in [-0.05, 0) is 24.3 Å². The summed E-state index contributed by atoms with van der Waals surface area (Å²) in [6.07, 6.45) is 0.